The molecule has 2 aromatic carbocycles. The molecule has 0 radical (unpaired) electrons. The quantitative estimate of drug-likeness (QED) is 0.261. The average molecular weight is 583 g/mol. The third kappa shape index (κ3) is 7.56. The van der Waals surface area contributed by atoms with E-state index in [0.717, 1.165) is 42.4 Å². The molecule has 7 heteroatoms. The largest absolute Gasteiger partial charge is 0.345 e. The van der Waals surface area contributed by atoms with E-state index in [1.165, 1.54) is 36.2 Å². The summed E-state index contributed by atoms with van der Waals surface area (Å²) in [5.41, 5.74) is 2.66. The van der Waals surface area contributed by atoms with E-state index in [1.54, 1.807) is 4.90 Å². The maximum atomic E-state index is 13.9. The molecule has 0 atom stereocenters. The normalized spacial score (nSPS) is 14.0. The van der Waals surface area contributed by atoms with Crippen molar-refractivity contribution in [3.8, 4) is 0 Å². The Morgan fingerprint density at radius 1 is 1.00 bits per heavy atom. The van der Waals surface area contributed by atoms with Crippen LogP contribution in [-0.4, -0.2) is 45.3 Å². The first-order valence-electron chi connectivity index (χ1n) is 13.5. The molecule has 0 aliphatic heterocycles. The Kier molecular flexibility index (Phi) is 9.78. The van der Waals surface area contributed by atoms with Crippen molar-refractivity contribution in [2.75, 3.05) is 13.1 Å². The summed E-state index contributed by atoms with van der Waals surface area (Å²) in [4.78, 5) is 30.9. The van der Waals surface area contributed by atoms with Crippen LogP contribution in [0.3, 0.4) is 0 Å². The molecule has 4 rings (SSSR count). The van der Waals surface area contributed by atoms with Crippen LogP contribution in [0.25, 0.3) is 0 Å². The Bertz CT molecular complexity index is 1200. The molecule has 1 aliphatic rings. The summed E-state index contributed by atoms with van der Waals surface area (Å²) in [6.45, 7) is 5.77. The second kappa shape index (κ2) is 13.2. The number of carbonyl (C=O) groups excluding carboxylic acids is 2. The third-order valence-electron chi connectivity index (χ3n) is 7.15. The summed E-state index contributed by atoms with van der Waals surface area (Å²) in [6, 6.07) is 18.1. The molecule has 0 unspecified atom stereocenters. The predicted molar refractivity (Wildman–Crippen MR) is 152 cm³/mol. The number of benzene rings is 2. The molecule has 0 bridgehead atoms. The van der Waals surface area contributed by atoms with Crippen LogP contribution < -0.4 is 0 Å². The molecule has 3 aromatic rings. The summed E-state index contributed by atoms with van der Waals surface area (Å²) < 4.78 is 16.7. The van der Waals surface area contributed by atoms with Gasteiger partial charge in [0.25, 0.3) is 5.91 Å². The second-order valence-corrected chi connectivity index (χ2v) is 11.6. The smallest absolute Gasteiger partial charge is 0.254 e. The fourth-order valence-electron chi connectivity index (χ4n) is 5.21. The molecule has 2 amide bonds. The van der Waals surface area contributed by atoms with Crippen molar-refractivity contribution < 1.29 is 14.0 Å². The van der Waals surface area contributed by atoms with E-state index < -0.39 is 0 Å². The van der Waals surface area contributed by atoms with Crippen molar-refractivity contribution in [3.05, 3.63) is 94.0 Å². The van der Waals surface area contributed by atoms with E-state index in [9.17, 15) is 14.0 Å². The lowest BCUT2D eigenvalue weighted by Crippen LogP contribution is -2.48. The summed E-state index contributed by atoms with van der Waals surface area (Å²) in [7, 11) is 0. The van der Waals surface area contributed by atoms with Crippen LogP contribution in [0.1, 0.15) is 67.6 Å². The van der Waals surface area contributed by atoms with Crippen LogP contribution in [0.5, 0.6) is 0 Å². The van der Waals surface area contributed by atoms with Gasteiger partial charge < -0.3 is 14.4 Å². The third-order valence-corrected chi connectivity index (χ3v) is 7.68. The number of aromatic nitrogens is 1. The molecule has 38 heavy (non-hydrogen) atoms. The lowest BCUT2D eigenvalue weighted by Gasteiger charge is -2.36. The molecule has 202 valence electrons. The van der Waals surface area contributed by atoms with E-state index in [-0.39, 0.29) is 36.1 Å². The van der Waals surface area contributed by atoms with Gasteiger partial charge >= 0.3 is 0 Å². The van der Waals surface area contributed by atoms with Crippen molar-refractivity contribution in [1.82, 2.24) is 14.4 Å². The van der Waals surface area contributed by atoms with Crippen LogP contribution >= 0.6 is 15.9 Å². The van der Waals surface area contributed by atoms with E-state index in [0.29, 0.717) is 18.7 Å². The van der Waals surface area contributed by atoms with E-state index in [4.69, 9.17) is 0 Å². The molecule has 0 spiro atoms. The minimum absolute atomic E-state index is 0.0122. The van der Waals surface area contributed by atoms with Crippen molar-refractivity contribution in [1.29, 1.82) is 0 Å². The zero-order valence-electron chi connectivity index (χ0n) is 22.3. The highest BCUT2D eigenvalue weighted by Gasteiger charge is 2.29. The highest BCUT2D eigenvalue weighted by Crippen LogP contribution is 2.25. The summed E-state index contributed by atoms with van der Waals surface area (Å²) in [6.07, 6.45) is 7.44. The molecule has 5 nitrogen and oxygen atoms in total. The molecule has 0 N–H and O–H groups in total. The van der Waals surface area contributed by atoms with Crippen molar-refractivity contribution in [3.63, 3.8) is 0 Å². The summed E-state index contributed by atoms with van der Waals surface area (Å²) in [5.74, 6) is -0.472. The number of nitrogens with zero attached hydrogens (tertiary/aromatic N) is 3. The minimum atomic E-state index is -0.386. The van der Waals surface area contributed by atoms with Crippen molar-refractivity contribution in [2.24, 2.45) is 5.92 Å². The van der Waals surface area contributed by atoms with Gasteiger partial charge in [0.1, 0.15) is 12.4 Å². The molecular formula is C31H37BrFN3O2. The number of hydrogen-bond donors (Lipinski definition) is 0. The van der Waals surface area contributed by atoms with Gasteiger partial charge in [-0.1, -0.05) is 61.2 Å². The summed E-state index contributed by atoms with van der Waals surface area (Å²) >= 11 is 3.50. The molecule has 1 fully saturated rings. The molecule has 1 heterocycles. The van der Waals surface area contributed by atoms with Crippen LogP contribution in [0, 0.1) is 11.7 Å². The molecule has 1 aliphatic carbocycles. The van der Waals surface area contributed by atoms with Gasteiger partial charge in [-0.25, -0.2) is 4.39 Å². The second-order valence-electron chi connectivity index (χ2n) is 10.7. The van der Waals surface area contributed by atoms with Crippen LogP contribution in [0.15, 0.2) is 71.3 Å². The van der Waals surface area contributed by atoms with E-state index in [2.05, 4.69) is 44.9 Å². The minimum Gasteiger partial charge on any atom is -0.345 e. The first-order valence-corrected chi connectivity index (χ1v) is 14.3. The molecule has 1 saturated carbocycles. The van der Waals surface area contributed by atoms with Crippen LogP contribution in [0.2, 0.25) is 0 Å². The fourth-order valence-corrected chi connectivity index (χ4v) is 5.48. The van der Waals surface area contributed by atoms with Gasteiger partial charge in [0.05, 0.1) is 6.54 Å². The van der Waals surface area contributed by atoms with Gasteiger partial charge in [-0.3, -0.25) is 9.59 Å². The SMILES string of the molecule is CC(C)CN(CC(=O)N(Cc1cccn1Cc1ccc(Br)cc1)C1CCCCC1)C(=O)c1ccc(F)cc1. The van der Waals surface area contributed by atoms with Gasteiger partial charge in [0.2, 0.25) is 5.91 Å². The van der Waals surface area contributed by atoms with Gasteiger partial charge in [-0.15, -0.1) is 0 Å². The van der Waals surface area contributed by atoms with E-state index in [1.807, 2.05) is 36.9 Å². The predicted octanol–water partition coefficient (Wildman–Crippen LogP) is 6.90. The molecule has 0 saturated heterocycles. The zero-order chi connectivity index (χ0) is 27.1. The Labute approximate surface area is 233 Å². The number of hydrogen-bond acceptors (Lipinski definition) is 2. The first-order chi connectivity index (χ1) is 18.3. The Morgan fingerprint density at radius 3 is 2.34 bits per heavy atom. The van der Waals surface area contributed by atoms with E-state index >= 15 is 0 Å². The topological polar surface area (TPSA) is 45.6 Å². The Balaban J connectivity index is 1.55. The Hall–Kier alpha value is -2.93. The monoisotopic (exact) mass is 581 g/mol. The summed E-state index contributed by atoms with van der Waals surface area (Å²) in [5, 5.41) is 0. The molecular weight excluding hydrogens is 545 g/mol. The lowest BCUT2D eigenvalue weighted by atomic mass is 9.94. The zero-order valence-corrected chi connectivity index (χ0v) is 23.9. The maximum absolute atomic E-state index is 13.9. The lowest BCUT2D eigenvalue weighted by molar-refractivity contribution is -0.135. The highest BCUT2D eigenvalue weighted by atomic mass is 79.9. The first kappa shape index (κ1) is 28.1. The fraction of sp³-hybridized carbons (Fsp3) is 0.419. The standard InChI is InChI=1S/C31H37BrFN3O2/c1-23(2)19-35(31(38)25-12-16-27(33)17-13-25)22-30(37)36(28-7-4-3-5-8-28)21-29-9-6-18-34(29)20-24-10-14-26(32)15-11-24/h6,9-18,23,28H,3-5,7-8,19-22H2,1-2H3. The van der Waals surface area contributed by atoms with Crippen LogP contribution in [-0.2, 0) is 17.9 Å². The van der Waals surface area contributed by atoms with Gasteiger partial charge in [0, 0.05) is 41.1 Å². The average Bonchev–Trinajstić information content (AvgIpc) is 3.35. The number of halogens is 2. The number of rotatable bonds is 10. The van der Waals surface area contributed by atoms with Gasteiger partial charge in [-0.05, 0) is 72.9 Å². The van der Waals surface area contributed by atoms with Gasteiger partial charge in [0.15, 0.2) is 0 Å². The maximum Gasteiger partial charge on any atom is 0.254 e. The molecule has 1 aromatic heterocycles. The van der Waals surface area contributed by atoms with Crippen molar-refractivity contribution >= 4 is 27.7 Å². The number of carbonyl (C=O) groups is 2. The highest BCUT2D eigenvalue weighted by molar-refractivity contribution is 9.10. The number of amides is 2. The van der Waals surface area contributed by atoms with Crippen LogP contribution in [0.4, 0.5) is 4.39 Å². The van der Waals surface area contributed by atoms with Gasteiger partial charge in [-0.2, -0.15) is 0 Å². The Morgan fingerprint density at radius 2 is 1.68 bits per heavy atom. The van der Waals surface area contributed by atoms with Crippen molar-refractivity contribution in [2.45, 2.75) is 65.1 Å².